The van der Waals surface area contributed by atoms with E-state index in [1.54, 1.807) is 6.20 Å². The highest BCUT2D eigenvalue weighted by Crippen LogP contribution is 2.49. The Morgan fingerprint density at radius 3 is 3.10 bits per heavy atom. The lowest BCUT2D eigenvalue weighted by Crippen LogP contribution is -2.29. The van der Waals surface area contributed by atoms with Crippen molar-refractivity contribution in [2.24, 2.45) is 5.92 Å². The van der Waals surface area contributed by atoms with Crippen LogP contribution in [0.5, 0.6) is 0 Å². The van der Waals surface area contributed by atoms with Gasteiger partial charge in [0.2, 0.25) is 0 Å². The van der Waals surface area contributed by atoms with Crippen molar-refractivity contribution >= 4 is 12.1 Å². The molecule has 2 saturated heterocycles. The van der Waals surface area contributed by atoms with E-state index < -0.39 is 6.09 Å². The van der Waals surface area contributed by atoms with Crippen LogP contribution in [-0.2, 0) is 25.4 Å². The highest BCUT2D eigenvalue weighted by molar-refractivity contribution is 5.91. The van der Waals surface area contributed by atoms with Crippen LogP contribution < -0.4 is 5.32 Å². The second kappa shape index (κ2) is 8.60. The number of nitrogens with one attached hydrogen (secondary N) is 1. The van der Waals surface area contributed by atoms with Crippen molar-refractivity contribution < 1.29 is 23.8 Å². The van der Waals surface area contributed by atoms with Crippen molar-refractivity contribution in [2.45, 2.75) is 56.8 Å². The van der Waals surface area contributed by atoms with E-state index in [0.29, 0.717) is 18.5 Å². The van der Waals surface area contributed by atoms with Gasteiger partial charge in [-0.1, -0.05) is 18.7 Å². The normalized spacial score (nSPS) is 30.4. The first-order chi connectivity index (χ1) is 14.5. The molecule has 7 nitrogen and oxygen atoms in total. The predicted octanol–water partition coefficient (Wildman–Crippen LogP) is 3.11. The molecule has 0 radical (unpaired) electrons. The van der Waals surface area contributed by atoms with Crippen LogP contribution in [0.1, 0.15) is 38.3 Å². The van der Waals surface area contributed by atoms with Gasteiger partial charge in [-0.3, -0.25) is 4.98 Å². The molecule has 0 bridgehead atoms. The summed E-state index contributed by atoms with van der Waals surface area (Å²) in [7, 11) is 0. The number of esters is 1. The quantitative estimate of drug-likeness (QED) is 0.346. The van der Waals surface area contributed by atoms with E-state index in [1.165, 1.54) is 0 Å². The summed E-state index contributed by atoms with van der Waals surface area (Å²) in [4.78, 5) is 28.3. The van der Waals surface area contributed by atoms with E-state index in [2.05, 4.69) is 29.9 Å². The molecule has 0 spiro atoms. The van der Waals surface area contributed by atoms with Gasteiger partial charge < -0.3 is 19.5 Å². The zero-order valence-corrected chi connectivity index (χ0v) is 17.3. The Labute approximate surface area is 176 Å². The summed E-state index contributed by atoms with van der Waals surface area (Å²) in [5.41, 5.74) is 2.22. The molecule has 1 aromatic rings. The van der Waals surface area contributed by atoms with E-state index in [-0.39, 0.29) is 36.3 Å². The van der Waals surface area contributed by atoms with E-state index in [4.69, 9.17) is 14.2 Å². The zero-order chi connectivity index (χ0) is 21.1. The van der Waals surface area contributed by atoms with Gasteiger partial charge in [0.1, 0.15) is 18.8 Å². The Morgan fingerprint density at radius 1 is 1.43 bits per heavy atom. The van der Waals surface area contributed by atoms with Crippen LogP contribution in [0.4, 0.5) is 4.79 Å². The van der Waals surface area contributed by atoms with Gasteiger partial charge in [0.25, 0.3) is 0 Å². The minimum atomic E-state index is -0.442. The number of aromatic nitrogens is 1. The third kappa shape index (κ3) is 4.56. The van der Waals surface area contributed by atoms with Crippen molar-refractivity contribution in [1.82, 2.24) is 10.3 Å². The Hall–Kier alpha value is -2.67. The van der Waals surface area contributed by atoms with Crippen molar-refractivity contribution in [2.75, 3.05) is 13.2 Å². The summed E-state index contributed by atoms with van der Waals surface area (Å²) in [6.45, 7) is 6.69. The molecule has 2 aliphatic heterocycles. The average Bonchev–Trinajstić information content (AvgIpc) is 3.33. The maximum absolute atomic E-state index is 12.1. The van der Waals surface area contributed by atoms with Gasteiger partial charge in [0.15, 0.2) is 0 Å². The van der Waals surface area contributed by atoms with Gasteiger partial charge in [0.05, 0.1) is 5.60 Å². The van der Waals surface area contributed by atoms with Gasteiger partial charge in [0, 0.05) is 36.3 Å². The number of nitrogens with zero attached hydrogens (tertiary/aromatic N) is 1. The standard InChI is InChI=1S/C23H28N2O5/c1-15-18-9-8-16(6-5-11-23(2)20(30-23)19(18)29-21(15)26)14-28-22(27)25-13-10-17-7-3-4-12-24-17/h3-4,6-7,12,18-20H,1,5,8-11,13-14H2,2H3,(H,25,27)/t18-,19-,20-,23+/m0/s1. The molecule has 1 N–H and O–H groups in total. The summed E-state index contributed by atoms with van der Waals surface area (Å²) in [6, 6.07) is 5.70. The summed E-state index contributed by atoms with van der Waals surface area (Å²) < 4.78 is 16.9. The topological polar surface area (TPSA) is 90.0 Å². The monoisotopic (exact) mass is 412 g/mol. The van der Waals surface area contributed by atoms with Gasteiger partial charge >= 0.3 is 12.1 Å². The molecular formula is C23H28N2O5. The van der Waals surface area contributed by atoms with Gasteiger partial charge in [-0.25, -0.2) is 9.59 Å². The Morgan fingerprint density at radius 2 is 2.30 bits per heavy atom. The number of amides is 1. The number of hydrogen-bond acceptors (Lipinski definition) is 6. The fourth-order valence-corrected chi connectivity index (χ4v) is 4.30. The first kappa shape index (κ1) is 20.6. The van der Waals surface area contributed by atoms with E-state index in [9.17, 15) is 9.59 Å². The summed E-state index contributed by atoms with van der Waals surface area (Å²) in [5.74, 6) is -0.380. The highest BCUT2D eigenvalue weighted by atomic mass is 16.6. The number of carbonyl (C=O) groups excluding carboxylic acids is 2. The lowest BCUT2D eigenvalue weighted by Gasteiger charge is -2.20. The van der Waals surface area contributed by atoms with Crippen LogP contribution in [0.2, 0.25) is 0 Å². The summed E-state index contributed by atoms with van der Waals surface area (Å²) in [5, 5.41) is 2.76. The maximum atomic E-state index is 12.1. The van der Waals surface area contributed by atoms with Crippen LogP contribution in [0.3, 0.4) is 0 Å². The second-order valence-corrected chi connectivity index (χ2v) is 8.37. The maximum Gasteiger partial charge on any atom is 0.407 e. The van der Waals surface area contributed by atoms with E-state index >= 15 is 0 Å². The number of epoxide rings is 1. The van der Waals surface area contributed by atoms with Crippen LogP contribution in [0, 0.1) is 5.92 Å². The van der Waals surface area contributed by atoms with Crippen molar-refractivity contribution in [3.63, 3.8) is 0 Å². The smallest absolute Gasteiger partial charge is 0.407 e. The van der Waals surface area contributed by atoms with Crippen LogP contribution in [0.15, 0.2) is 48.2 Å². The number of hydrogen-bond donors (Lipinski definition) is 1. The summed E-state index contributed by atoms with van der Waals surface area (Å²) in [6.07, 6.45) is 6.88. The van der Waals surface area contributed by atoms with Crippen LogP contribution >= 0.6 is 0 Å². The number of rotatable bonds is 5. The molecule has 3 heterocycles. The molecule has 4 rings (SSSR count). The largest absolute Gasteiger partial charge is 0.455 e. The summed E-state index contributed by atoms with van der Waals surface area (Å²) >= 11 is 0. The third-order valence-electron chi connectivity index (χ3n) is 6.20. The lowest BCUT2D eigenvalue weighted by molar-refractivity contribution is -0.140. The number of pyridine rings is 1. The Kier molecular flexibility index (Phi) is 5.90. The lowest BCUT2D eigenvalue weighted by atomic mass is 9.84. The number of ether oxygens (including phenoxy) is 3. The molecule has 0 unspecified atom stereocenters. The molecule has 3 aliphatic rings. The van der Waals surface area contributed by atoms with Gasteiger partial charge in [-0.15, -0.1) is 0 Å². The molecular weight excluding hydrogens is 384 g/mol. The van der Waals surface area contributed by atoms with Crippen molar-refractivity contribution in [3.8, 4) is 0 Å². The third-order valence-corrected chi connectivity index (χ3v) is 6.20. The zero-order valence-electron chi connectivity index (χ0n) is 17.3. The second-order valence-electron chi connectivity index (χ2n) is 8.37. The minimum Gasteiger partial charge on any atom is -0.455 e. The van der Waals surface area contributed by atoms with Crippen molar-refractivity contribution in [1.29, 1.82) is 0 Å². The molecule has 2 fully saturated rings. The average molecular weight is 412 g/mol. The molecule has 1 aliphatic carbocycles. The molecule has 0 saturated carbocycles. The fourth-order valence-electron chi connectivity index (χ4n) is 4.30. The SMILES string of the molecule is C=C1C(=O)O[C@H]2[C@H]1CCC(COC(=O)NCCc1ccccn1)=CCC[C@@]1(C)O[C@@H]21. The first-order valence-electron chi connectivity index (χ1n) is 10.5. The first-order valence-corrected chi connectivity index (χ1v) is 10.5. The molecule has 4 atom stereocenters. The highest BCUT2D eigenvalue weighted by Gasteiger charge is 2.61. The molecule has 30 heavy (non-hydrogen) atoms. The van der Waals surface area contributed by atoms with E-state index in [1.807, 2.05) is 18.2 Å². The number of carbonyl (C=O) groups is 2. The van der Waals surface area contributed by atoms with Crippen LogP contribution in [-0.4, -0.2) is 48.0 Å². The Balaban J connectivity index is 1.29. The number of alkyl carbamates (subject to hydrolysis) is 1. The fraction of sp³-hybridized carbons (Fsp3) is 0.522. The van der Waals surface area contributed by atoms with Gasteiger partial charge in [-0.2, -0.15) is 0 Å². The molecule has 0 aromatic carbocycles. The number of fused-ring (bicyclic) bond motifs is 3. The molecule has 7 heteroatoms. The molecule has 1 aromatic heterocycles. The molecule has 1 amide bonds. The van der Waals surface area contributed by atoms with Crippen molar-refractivity contribution in [3.05, 3.63) is 53.9 Å². The van der Waals surface area contributed by atoms with Crippen LogP contribution in [0.25, 0.3) is 0 Å². The van der Waals surface area contributed by atoms with E-state index in [0.717, 1.165) is 37.0 Å². The van der Waals surface area contributed by atoms with Gasteiger partial charge in [-0.05, 0) is 50.3 Å². The minimum absolute atomic E-state index is 0.0539. The molecule has 160 valence electrons. The Bertz CT molecular complexity index is 852. The number of allylic oxidation sites excluding steroid dienone is 1. The predicted molar refractivity (Wildman–Crippen MR) is 110 cm³/mol.